The largest absolute Gasteiger partial charge is 0.472 e. The highest BCUT2D eigenvalue weighted by Gasteiger charge is 2.51. The Balaban J connectivity index is 2.44. The van der Waals surface area contributed by atoms with Crippen molar-refractivity contribution in [1.82, 2.24) is 0 Å². The number of ether oxygens (including phenoxy) is 2. The quantitative estimate of drug-likeness (QED) is 0.0204. The van der Waals surface area contributed by atoms with E-state index in [2.05, 4.69) is 13.8 Å². The number of esters is 2. The number of hydrogen-bond donors (Lipinski definition) is 6. The van der Waals surface area contributed by atoms with E-state index >= 15 is 0 Å². The predicted octanol–water partition coefficient (Wildman–Crippen LogP) is 7.72. The van der Waals surface area contributed by atoms with Crippen LogP contribution in [0.3, 0.4) is 0 Å². The smallest absolute Gasteiger partial charge is 0.462 e. The average molecular weight is 811 g/mol. The molecule has 55 heavy (non-hydrogen) atoms. The van der Waals surface area contributed by atoms with E-state index in [0.717, 1.165) is 44.9 Å². The number of phosphoric acid groups is 1. The fourth-order valence-electron chi connectivity index (χ4n) is 6.88. The van der Waals surface area contributed by atoms with Crippen LogP contribution in [0.15, 0.2) is 0 Å². The third-order valence-electron chi connectivity index (χ3n) is 10.4. The second kappa shape index (κ2) is 32.8. The highest BCUT2D eigenvalue weighted by Crippen LogP contribution is 2.47. The third kappa shape index (κ3) is 25.7. The van der Waals surface area contributed by atoms with Gasteiger partial charge >= 0.3 is 19.8 Å². The predicted molar refractivity (Wildman–Crippen MR) is 212 cm³/mol. The monoisotopic (exact) mass is 811 g/mol. The highest BCUT2D eigenvalue weighted by atomic mass is 31.2. The lowest BCUT2D eigenvalue weighted by Crippen LogP contribution is -2.64. The Morgan fingerprint density at radius 1 is 0.491 bits per heavy atom. The van der Waals surface area contributed by atoms with Gasteiger partial charge in [0.15, 0.2) is 6.10 Å². The van der Waals surface area contributed by atoms with Gasteiger partial charge in [-0.25, -0.2) is 4.57 Å². The SMILES string of the molecule is CCCCCCCCCCCCCCCCCCC(=O)OC[C@H](COP(=O)(O)OC1C(O)C(O)C(O)[C@@H](O)C1O)OC(=O)CCCCCCCCCCCC. The van der Waals surface area contributed by atoms with Gasteiger partial charge in [-0.05, 0) is 12.8 Å². The first-order valence-electron chi connectivity index (χ1n) is 21.8. The molecule has 1 aliphatic rings. The lowest BCUT2D eigenvalue weighted by molar-refractivity contribution is -0.220. The fourth-order valence-corrected chi connectivity index (χ4v) is 7.85. The summed E-state index contributed by atoms with van der Waals surface area (Å²) in [5.74, 6) is -1.09. The van der Waals surface area contributed by atoms with Crippen LogP contribution < -0.4 is 0 Å². The van der Waals surface area contributed by atoms with Crippen molar-refractivity contribution in [2.24, 2.45) is 0 Å². The number of rotatable bonds is 36. The van der Waals surface area contributed by atoms with Gasteiger partial charge in [0.05, 0.1) is 6.61 Å². The molecular weight excluding hydrogens is 731 g/mol. The van der Waals surface area contributed by atoms with Crippen molar-refractivity contribution in [3.8, 4) is 0 Å². The maximum Gasteiger partial charge on any atom is 0.472 e. The van der Waals surface area contributed by atoms with E-state index < -0.39 is 75.7 Å². The van der Waals surface area contributed by atoms with E-state index in [1.54, 1.807) is 0 Å². The van der Waals surface area contributed by atoms with Crippen molar-refractivity contribution in [2.75, 3.05) is 13.2 Å². The number of aliphatic hydroxyl groups excluding tert-OH is 5. The number of aliphatic hydroxyl groups is 5. The van der Waals surface area contributed by atoms with Crippen molar-refractivity contribution in [2.45, 2.75) is 236 Å². The summed E-state index contributed by atoms with van der Waals surface area (Å²) in [7, 11) is -5.10. The minimum absolute atomic E-state index is 0.103. The van der Waals surface area contributed by atoms with Gasteiger partial charge < -0.3 is 39.9 Å². The zero-order valence-electron chi connectivity index (χ0n) is 34.2. The summed E-state index contributed by atoms with van der Waals surface area (Å²) < 4.78 is 33.4. The Labute approximate surface area is 331 Å². The second-order valence-electron chi connectivity index (χ2n) is 15.6. The summed E-state index contributed by atoms with van der Waals surface area (Å²) in [6.07, 6.45) is 17.5. The van der Waals surface area contributed by atoms with E-state index in [4.69, 9.17) is 18.5 Å². The number of carbonyl (C=O) groups is 2. The zero-order valence-corrected chi connectivity index (χ0v) is 35.1. The summed E-state index contributed by atoms with van der Waals surface area (Å²) in [5.41, 5.74) is 0. The number of hydrogen-bond acceptors (Lipinski definition) is 12. The molecule has 0 heterocycles. The number of phosphoric ester groups is 1. The summed E-state index contributed by atoms with van der Waals surface area (Å²) in [6, 6.07) is 0. The van der Waals surface area contributed by atoms with Crippen LogP contribution in [0.1, 0.15) is 194 Å². The summed E-state index contributed by atoms with van der Waals surface area (Å²) in [5, 5.41) is 50.0. The molecule has 0 aromatic heterocycles. The Bertz CT molecular complexity index is 985. The van der Waals surface area contributed by atoms with Crippen molar-refractivity contribution in [3.63, 3.8) is 0 Å². The van der Waals surface area contributed by atoms with Crippen LogP contribution in [0, 0.1) is 0 Å². The molecule has 6 N–H and O–H groups in total. The molecule has 0 aliphatic heterocycles. The average Bonchev–Trinajstić information content (AvgIpc) is 3.16. The molecule has 0 aromatic rings. The molecule has 1 fully saturated rings. The van der Waals surface area contributed by atoms with E-state index in [1.165, 1.54) is 109 Å². The Hall–Kier alpha value is -1.15. The molecule has 1 rings (SSSR count). The van der Waals surface area contributed by atoms with Crippen LogP contribution in [-0.4, -0.2) is 98.3 Å². The molecule has 326 valence electrons. The van der Waals surface area contributed by atoms with Gasteiger partial charge in [-0.15, -0.1) is 0 Å². The molecule has 8 atom stereocenters. The number of unbranched alkanes of at least 4 members (excludes halogenated alkanes) is 24. The summed E-state index contributed by atoms with van der Waals surface area (Å²) in [4.78, 5) is 35.5. The Morgan fingerprint density at radius 3 is 1.20 bits per heavy atom. The van der Waals surface area contributed by atoms with Crippen molar-refractivity contribution in [1.29, 1.82) is 0 Å². The van der Waals surface area contributed by atoms with Crippen LogP contribution in [0.5, 0.6) is 0 Å². The summed E-state index contributed by atoms with van der Waals surface area (Å²) in [6.45, 7) is 3.28. The first-order chi connectivity index (χ1) is 26.4. The lowest BCUT2D eigenvalue weighted by Gasteiger charge is -2.41. The van der Waals surface area contributed by atoms with Gasteiger partial charge in [-0.1, -0.05) is 168 Å². The molecule has 0 spiro atoms. The van der Waals surface area contributed by atoms with Crippen molar-refractivity contribution in [3.05, 3.63) is 0 Å². The van der Waals surface area contributed by atoms with E-state index in [0.29, 0.717) is 12.8 Å². The van der Waals surface area contributed by atoms with Crippen LogP contribution in [-0.2, 0) is 32.7 Å². The summed E-state index contributed by atoms with van der Waals surface area (Å²) >= 11 is 0. The fraction of sp³-hybridized carbons (Fsp3) is 0.951. The standard InChI is InChI=1S/C41H79O13P/c1-3-5-7-9-11-13-15-16-17-18-19-20-22-23-25-27-29-34(42)51-31-33(53-35(43)30-28-26-24-21-14-12-10-8-6-4-2)32-52-55(49,50)54-41-39(47)37(45)36(44)38(46)40(41)48/h33,36-41,44-48H,3-32H2,1-2H3,(H,49,50)/t33-,36?,37-,38?,39?,40?,41?/m1/s1. The minimum atomic E-state index is -5.10. The molecule has 0 aromatic carbocycles. The van der Waals surface area contributed by atoms with Gasteiger partial charge in [0.2, 0.25) is 0 Å². The highest BCUT2D eigenvalue weighted by molar-refractivity contribution is 7.47. The van der Waals surface area contributed by atoms with Crippen LogP contribution in [0.4, 0.5) is 0 Å². The van der Waals surface area contributed by atoms with Crippen LogP contribution >= 0.6 is 7.82 Å². The van der Waals surface area contributed by atoms with Gasteiger partial charge in [-0.3, -0.25) is 18.6 Å². The Kier molecular flexibility index (Phi) is 30.9. The molecule has 0 bridgehead atoms. The third-order valence-corrected chi connectivity index (χ3v) is 11.4. The van der Waals surface area contributed by atoms with Gasteiger partial charge in [-0.2, -0.15) is 0 Å². The molecular formula is C41H79O13P. The molecule has 1 aliphatic carbocycles. The zero-order chi connectivity index (χ0) is 40.7. The van der Waals surface area contributed by atoms with E-state index in [9.17, 15) is 44.6 Å². The maximum absolute atomic E-state index is 12.8. The normalized spacial score (nSPS) is 23.0. The first-order valence-corrected chi connectivity index (χ1v) is 23.3. The molecule has 6 unspecified atom stereocenters. The second-order valence-corrected chi connectivity index (χ2v) is 17.0. The van der Waals surface area contributed by atoms with Gasteiger partial charge in [0.25, 0.3) is 0 Å². The van der Waals surface area contributed by atoms with E-state index in [-0.39, 0.29) is 12.8 Å². The van der Waals surface area contributed by atoms with Crippen LogP contribution in [0.25, 0.3) is 0 Å². The molecule has 14 heteroatoms. The topological polar surface area (TPSA) is 210 Å². The lowest BCUT2D eigenvalue weighted by atomic mass is 9.85. The maximum atomic E-state index is 12.8. The Morgan fingerprint density at radius 2 is 0.818 bits per heavy atom. The molecule has 1 saturated carbocycles. The molecule has 13 nitrogen and oxygen atoms in total. The van der Waals surface area contributed by atoms with Gasteiger partial charge in [0.1, 0.15) is 43.2 Å². The molecule has 0 amide bonds. The number of carbonyl (C=O) groups excluding carboxylic acids is 2. The van der Waals surface area contributed by atoms with Gasteiger partial charge in [0, 0.05) is 12.8 Å². The van der Waals surface area contributed by atoms with Crippen molar-refractivity contribution < 1.29 is 63.1 Å². The molecule has 0 saturated heterocycles. The van der Waals surface area contributed by atoms with Crippen molar-refractivity contribution >= 4 is 19.8 Å². The molecule has 0 radical (unpaired) electrons. The van der Waals surface area contributed by atoms with Crippen LogP contribution in [0.2, 0.25) is 0 Å². The van der Waals surface area contributed by atoms with E-state index in [1.807, 2.05) is 0 Å². The minimum Gasteiger partial charge on any atom is -0.462 e. The first kappa shape index (κ1) is 51.9.